The van der Waals surface area contributed by atoms with Gasteiger partial charge >= 0.3 is 0 Å². The number of hydrogen-bond donors (Lipinski definition) is 2. The molecule has 204 valence electrons. The van der Waals surface area contributed by atoms with Crippen LogP contribution in [0.2, 0.25) is 0 Å². The van der Waals surface area contributed by atoms with E-state index in [0.717, 1.165) is 11.3 Å². The number of nitrogens with one attached hydrogen (secondary N) is 1. The molecule has 2 aromatic carbocycles. The maximum atomic E-state index is 13.3. The third-order valence-electron chi connectivity index (χ3n) is 6.73. The van der Waals surface area contributed by atoms with Gasteiger partial charge in [0.1, 0.15) is 0 Å². The number of fused-ring (bicyclic) bond motifs is 1. The van der Waals surface area contributed by atoms with Crippen molar-refractivity contribution in [3.8, 4) is 5.69 Å². The van der Waals surface area contributed by atoms with Gasteiger partial charge in [-0.1, -0.05) is 6.07 Å². The van der Waals surface area contributed by atoms with E-state index in [-0.39, 0.29) is 27.7 Å². The highest BCUT2D eigenvalue weighted by molar-refractivity contribution is 7.14. The van der Waals surface area contributed by atoms with Crippen LogP contribution in [0, 0.1) is 0 Å². The molecule has 1 aliphatic rings. The summed E-state index contributed by atoms with van der Waals surface area (Å²) < 4.78 is 33.3. The van der Waals surface area contributed by atoms with E-state index >= 15 is 0 Å². The van der Waals surface area contributed by atoms with Gasteiger partial charge in [-0.25, -0.2) is 13.8 Å². The molecule has 3 heterocycles. The van der Waals surface area contributed by atoms with E-state index in [1.165, 1.54) is 12.1 Å². The first-order chi connectivity index (χ1) is 18.7. The SMILES string of the molecule is C[C@@H](C(=O)N(C)c1ccc2c(c1)nc(NC(=O)c1ccc(C(F)F)s1)n2-c1cccc(N)c1)N1CCOCC1. The van der Waals surface area contributed by atoms with Gasteiger partial charge in [-0.3, -0.25) is 24.4 Å². The Kier molecular flexibility index (Phi) is 7.60. The number of anilines is 3. The fourth-order valence-corrected chi connectivity index (χ4v) is 5.33. The minimum Gasteiger partial charge on any atom is -0.399 e. The van der Waals surface area contributed by atoms with E-state index in [1.54, 1.807) is 40.8 Å². The van der Waals surface area contributed by atoms with Gasteiger partial charge in [0.25, 0.3) is 12.3 Å². The second-order valence-corrected chi connectivity index (χ2v) is 10.3. The molecule has 0 unspecified atom stereocenters. The van der Waals surface area contributed by atoms with Gasteiger partial charge in [-0.05, 0) is 55.5 Å². The first-order valence-electron chi connectivity index (χ1n) is 12.4. The van der Waals surface area contributed by atoms with Crippen LogP contribution in [0.5, 0.6) is 0 Å². The summed E-state index contributed by atoms with van der Waals surface area (Å²) in [6, 6.07) is 14.8. The fourth-order valence-electron chi connectivity index (χ4n) is 4.57. The average molecular weight is 555 g/mol. The molecule has 0 saturated carbocycles. The molecule has 0 spiro atoms. The molecule has 0 aliphatic carbocycles. The van der Waals surface area contributed by atoms with E-state index in [0.29, 0.717) is 54.4 Å². The van der Waals surface area contributed by atoms with Crippen molar-refractivity contribution in [2.75, 3.05) is 49.3 Å². The molecule has 1 atom stereocenters. The second-order valence-electron chi connectivity index (χ2n) is 9.22. The summed E-state index contributed by atoms with van der Waals surface area (Å²) in [6.45, 7) is 4.46. The number of nitrogens with two attached hydrogens (primary N) is 1. The van der Waals surface area contributed by atoms with Gasteiger partial charge in [-0.2, -0.15) is 0 Å². The first-order valence-corrected chi connectivity index (χ1v) is 13.2. The molecular weight excluding hydrogens is 526 g/mol. The molecule has 4 aromatic rings. The van der Waals surface area contributed by atoms with Crippen LogP contribution in [-0.2, 0) is 9.53 Å². The zero-order valence-corrected chi connectivity index (χ0v) is 22.3. The number of benzene rings is 2. The molecule has 39 heavy (non-hydrogen) atoms. The number of alkyl halides is 2. The van der Waals surface area contributed by atoms with Crippen LogP contribution < -0.4 is 16.0 Å². The molecule has 2 aromatic heterocycles. The zero-order valence-electron chi connectivity index (χ0n) is 21.4. The fraction of sp³-hybridized carbons (Fsp3) is 0.296. The summed E-state index contributed by atoms with van der Waals surface area (Å²) in [7, 11) is 1.72. The molecule has 1 fully saturated rings. The van der Waals surface area contributed by atoms with Crippen LogP contribution in [0.4, 0.5) is 26.1 Å². The van der Waals surface area contributed by atoms with E-state index in [2.05, 4.69) is 15.2 Å². The Bertz CT molecular complexity index is 1510. The number of nitrogens with zero attached hydrogens (tertiary/aromatic N) is 4. The van der Waals surface area contributed by atoms with E-state index in [1.807, 2.05) is 25.1 Å². The molecule has 0 bridgehead atoms. The zero-order chi connectivity index (χ0) is 27.7. The number of halogens is 2. The number of likely N-dealkylation sites (N-methyl/N-ethyl adjacent to an activating group) is 1. The Balaban J connectivity index is 1.49. The normalized spacial score (nSPS) is 15.0. The Labute approximate surface area is 227 Å². The Hall–Kier alpha value is -3.87. The van der Waals surface area contributed by atoms with Crippen LogP contribution in [0.3, 0.4) is 0 Å². The van der Waals surface area contributed by atoms with Crippen molar-refractivity contribution in [1.82, 2.24) is 14.5 Å². The standard InChI is InChI=1S/C27H28F2N6O3S/c1-16(34-10-12-38-13-11-34)26(37)33(2)18-6-7-21-20(15-18)31-27(35(21)19-5-3-4-17(30)14-19)32-25(36)23-9-8-22(39-23)24(28)29/h3-9,14-16,24H,10-13,30H2,1-2H3,(H,31,32,36)/t16-/m0/s1. The lowest BCUT2D eigenvalue weighted by atomic mass is 10.2. The summed E-state index contributed by atoms with van der Waals surface area (Å²) in [5.74, 6) is -0.424. The summed E-state index contributed by atoms with van der Waals surface area (Å²) in [5.41, 5.74) is 9.04. The highest BCUT2D eigenvalue weighted by Gasteiger charge is 2.27. The van der Waals surface area contributed by atoms with Crippen LogP contribution in [0.15, 0.2) is 54.6 Å². The molecule has 5 rings (SSSR count). The molecule has 0 radical (unpaired) electrons. The van der Waals surface area contributed by atoms with Crippen LogP contribution in [0.1, 0.15) is 27.9 Å². The highest BCUT2D eigenvalue weighted by atomic mass is 32.1. The number of ether oxygens (including phenoxy) is 1. The minimum atomic E-state index is -2.66. The Morgan fingerprint density at radius 3 is 2.59 bits per heavy atom. The molecule has 9 nitrogen and oxygen atoms in total. The summed E-state index contributed by atoms with van der Waals surface area (Å²) in [6.07, 6.45) is -2.66. The largest absolute Gasteiger partial charge is 0.399 e. The van der Waals surface area contributed by atoms with Gasteiger partial charge in [0.15, 0.2) is 0 Å². The van der Waals surface area contributed by atoms with E-state index < -0.39 is 12.3 Å². The van der Waals surface area contributed by atoms with E-state index in [9.17, 15) is 18.4 Å². The monoisotopic (exact) mass is 554 g/mol. The third kappa shape index (κ3) is 5.49. The number of carbonyl (C=O) groups is 2. The van der Waals surface area contributed by atoms with Crippen molar-refractivity contribution in [2.24, 2.45) is 0 Å². The van der Waals surface area contributed by atoms with Gasteiger partial charge < -0.3 is 15.4 Å². The average Bonchev–Trinajstić information content (AvgIpc) is 3.57. The van der Waals surface area contributed by atoms with Crippen molar-refractivity contribution >= 4 is 51.5 Å². The minimum absolute atomic E-state index is 0.0624. The van der Waals surface area contributed by atoms with Crippen molar-refractivity contribution in [2.45, 2.75) is 19.4 Å². The quantitative estimate of drug-likeness (QED) is 0.325. The van der Waals surface area contributed by atoms with Crippen molar-refractivity contribution in [3.05, 3.63) is 64.4 Å². The number of carbonyl (C=O) groups excluding carboxylic acids is 2. The van der Waals surface area contributed by atoms with Crippen molar-refractivity contribution < 1.29 is 23.1 Å². The summed E-state index contributed by atoms with van der Waals surface area (Å²) in [4.78, 5) is 34.5. The molecule has 12 heteroatoms. The van der Waals surface area contributed by atoms with Gasteiger partial charge in [-0.15, -0.1) is 11.3 Å². The van der Waals surface area contributed by atoms with Crippen LogP contribution in [-0.4, -0.2) is 65.7 Å². The number of morpholine rings is 1. The van der Waals surface area contributed by atoms with Crippen molar-refractivity contribution in [3.63, 3.8) is 0 Å². The smallest absolute Gasteiger partial charge is 0.272 e. The summed E-state index contributed by atoms with van der Waals surface area (Å²) >= 11 is 0.728. The predicted molar refractivity (Wildman–Crippen MR) is 148 cm³/mol. The highest BCUT2D eigenvalue weighted by Crippen LogP contribution is 2.31. The van der Waals surface area contributed by atoms with Gasteiger partial charge in [0.2, 0.25) is 11.9 Å². The topological polar surface area (TPSA) is 106 Å². The number of hydrogen-bond acceptors (Lipinski definition) is 7. The van der Waals surface area contributed by atoms with Crippen LogP contribution in [0.25, 0.3) is 16.7 Å². The molecule has 1 aliphatic heterocycles. The predicted octanol–water partition coefficient (Wildman–Crippen LogP) is 4.54. The number of thiophene rings is 1. The Morgan fingerprint density at radius 1 is 1.13 bits per heavy atom. The van der Waals surface area contributed by atoms with Gasteiger partial charge in [0, 0.05) is 31.5 Å². The lowest BCUT2D eigenvalue weighted by Gasteiger charge is -2.33. The lowest BCUT2D eigenvalue weighted by molar-refractivity contribution is -0.124. The van der Waals surface area contributed by atoms with Crippen molar-refractivity contribution in [1.29, 1.82) is 0 Å². The third-order valence-corrected chi connectivity index (χ3v) is 7.82. The number of imidazole rings is 1. The number of nitrogen functional groups attached to an aromatic ring is 1. The molecule has 1 saturated heterocycles. The van der Waals surface area contributed by atoms with Crippen LogP contribution >= 0.6 is 11.3 Å². The number of rotatable bonds is 7. The number of aromatic nitrogens is 2. The molecule has 2 amide bonds. The summed E-state index contributed by atoms with van der Waals surface area (Å²) in [5, 5.41) is 2.76. The molecular formula is C27H28F2N6O3S. The second kappa shape index (κ2) is 11.1. The molecule has 3 N–H and O–H groups in total. The number of amides is 2. The maximum Gasteiger partial charge on any atom is 0.272 e. The lowest BCUT2D eigenvalue weighted by Crippen LogP contribution is -2.50. The maximum absolute atomic E-state index is 13.3. The van der Waals surface area contributed by atoms with E-state index in [4.69, 9.17) is 10.5 Å². The Morgan fingerprint density at radius 2 is 1.90 bits per heavy atom. The first kappa shape index (κ1) is 26.7. The van der Waals surface area contributed by atoms with Gasteiger partial charge in [0.05, 0.1) is 45.7 Å².